The van der Waals surface area contributed by atoms with Crippen molar-refractivity contribution in [1.82, 2.24) is 10.2 Å². The van der Waals surface area contributed by atoms with Crippen molar-refractivity contribution in [2.45, 2.75) is 25.8 Å². The Morgan fingerprint density at radius 1 is 1.33 bits per heavy atom. The molecular formula is C17H27N3O. The molecule has 1 fully saturated rings. The number of hydrogen-bond donors (Lipinski definition) is 1. The van der Waals surface area contributed by atoms with Crippen LogP contribution in [0.2, 0.25) is 0 Å². The zero-order valence-electron chi connectivity index (χ0n) is 13.2. The van der Waals surface area contributed by atoms with E-state index in [9.17, 15) is 0 Å². The summed E-state index contributed by atoms with van der Waals surface area (Å²) in [5.41, 5.74) is 1.29. The third-order valence-electron chi connectivity index (χ3n) is 3.63. The van der Waals surface area contributed by atoms with E-state index in [0.717, 1.165) is 44.6 Å². The molecule has 0 heterocycles. The van der Waals surface area contributed by atoms with Crippen molar-refractivity contribution in [3.05, 3.63) is 35.9 Å². The van der Waals surface area contributed by atoms with E-state index in [1.54, 1.807) is 0 Å². The third kappa shape index (κ3) is 6.17. The summed E-state index contributed by atoms with van der Waals surface area (Å²) in [5.74, 6) is 1.78. The molecule has 1 aromatic carbocycles. The van der Waals surface area contributed by atoms with E-state index >= 15 is 0 Å². The van der Waals surface area contributed by atoms with Crippen LogP contribution < -0.4 is 5.32 Å². The topological polar surface area (TPSA) is 36.9 Å². The second-order valence-electron chi connectivity index (χ2n) is 5.69. The Balaban J connectivity index is 1.62. The van der Waals surface area contributed by atoms with E-state index in [4.69, 9.17) is 4.74 Å². The first kappa shape index (κ1) is 15.8. The first-order valence-corrected chi connectivity index (χ1v) is 7.83. The van der Waals surface area contributed by atoms with E-state index in [2.05, 4.69) is 46.5 Å². The molecule has 21 heavy (non-hydrogen) atoms. The van der Waals surface area contributed by atoms with Crippen LogP contribution in [0.15, 0.2) is 35.3 Å². The van der Waals surface area contributed by atoms with E-state index < -0.39 is 0 Å². The number of ether oxygens (including phenoxy) is 1. The van der Waals surface area contributed by atoms with Crippen LogP contribution in [-0.2, 0) is 11.3 Å². The SMILES string of the molecule is CN=C(NCCCOCC1CC1)N(C)Cc1ccccc1. The van der Waals surface area contributed by atoms with Gasteiger partial charge in [-0.1, -0.05) is 30.3 Å². The van der Waals surface area contributed by atoms with E-state index in [1.165, 1.54) is 18.4 Å². The lowest BCUT2D eigenvalue weighted by molar-refractivity contribution is 0.122. The Morgan fingerprint density at radius 2 is 2.10 bits per heavy atom. The summed E-state index contributed by atoms with van der Waals surface area (Å²) in [6.45, 7) is 3.54. The maximum absolute atomic E-state index is 5.64. The Morgan fingerprint density at radius 3 is 2.76 bits per heavy atom. The molecule has 1 saturated carbocycles. The van der Waals surface area contributed by atoms with E-state index in [-0.39, 0.29) is 0 Å². The summed E-state index contributed by atoms with van der Waals surface area (Å²) in [7, 11) is 3.89. The van der Waals surface area contributed by atoms with Gasteiger partial charge >= 0.3 is 0 Å². The van der Waals surface area contributed by atoms with Crippen molar-refractivity contribution in [2.24, 2.45) is 10.9 Å². The molecule has 1 N–H and O–H groups in total. The van der Waals surface area contributed by atoms with Crippen LogP contribution in [0.1, 0.15) is 24.8 Å². The normalized spacial score (nSPS) is 15.0. The van der Waals surface area contributed by atoms with Crippen molar-refractivity contribution >= 4 is 5.96 Å². The minimum Gasteiger partial charge on any atom is -0.381 e. The van der Waals surface area contributed by atoms with Gasteiger partial charge in [-0.3, -0.25) is 4.99 Å². The number of aliphatic imine (C=N–C) groups is 1. The van der Waals surface area contributed by atoms with Crippen LogP contribution in [0, 0.1) is 5.92 Å². The fraction of sp³-hybridized carbons (Fsp3) is 0.588. The first-order chi connectivity index (χ1) is 10.3. The zero-order chi connectivity index (χ0) is 14.9. The summed E-state index contributed by atoms with van der Waals surface area (Å²) < 4.78 is 5.64. The molecule has 0 saturated heterocycles. The van der Waals surface area contributed by atoms with Crippen LogP contribution in [0.5, 0.6) is 0 Å². The maximum Gasteiger partial charge on any atom is 0.193 e. The molecule has 1 aromatic rings. The summed E-state index contributed by atoms with van der Waals surface area (Å²) in [4.78, 5) is 6.47. The van der Waals surface area contributed by atoms with Gasteiger partial charge in [0, 0.05) is 40.4 Å². The fourth-order valence-corrected chi connectivity index (χ4v) is 2.23. The minimum atomic E-state index is 0.836. The van der Waals surface area contributed by atoms with Crippen LogP contribution in [0.3, 0.4) is 0 Å². The molecule has 4 nitrogen and oxygen atoms in total. The zero-order valence-corrected chi connectivity index (χ0v) is 13.2. The van der Waals surface area contributed by atoms with Crippen LogP contribution in [-0.4, -0.2) is 44.7 Å². The molecule has 0 spiro atoms. The third-order valence-corrected chi connectivity index (χ3v) is 3.63. The molecular weight excluding hydrogens is 262 g/mol. The monoisotopic (exact) mass is 289 g/mol. The maximum atomic E-state index is 5.64. The number of nitrogens with zero attached hydrogens (tertiary/aromatic N) is 2. The highest BCUT2D eigenvalue weighted by Crippen LogP contribution is 2.28. The highest BCUT2D eigenvalue weighted by molar-refractivity contribution is 5.79. The second-order valence-corrected chi connectivity index (χ2v) is 5.69. The van der Waals surface area contributed by atoms with E-state index in [1.807, 2.05) is 13.1 Å². The number of rotatable bonds is 8. The number of hydrogen-bond acceptors (Lipinski definition) is 2. The van der Waals surface area contributed by atoms with Gasteiger partial charge in [0.1, 0.15) is 0 Å². The standard InChI is InChI=1S/C17H27N3O/c1-18-17(19-11-6-12-21-14-16-9-10-16)20(2)13-15-7-4-3-5-8-15/h3-5,7-8,16H,6,9-14H2,1-2H3,(H,18,19). The smallest absolute Gasteiger partial charge is 0.193 e. The molecule has 0 atom stereocenters. The molecule has 1 aliphatic carbocycles. The summed E-state index contributed by atoms with van der Waals surface area (Å²) >= 11 is 0. The van der Waals surface area contributed by atoms with Crippen molar-refractivity contribution in [1.29, 1.82) is 0 Å². The lowest BCUT2D eigenvalue weighted by Crippen LogP contribution is -2.39. The Bertz CT molecular complexity index is 429. The van der Waals surface area contributed by atoms with Gasteiger partial charge < -0.3 is 15.0 Å². The average molecular weight is 289 g/mol. The lowest BCUT2D eigenvalue weighted by Gasteiger charge is -2.22. The van der Waals surface area contributed by atoms with Crippen LogP contribution >= 0.6 is 0 Å². The van der Waals surface area contributed by atoms with Crippen molar-refractivity contribution in [3.63, 3.8) is 0 Å². The number of benzene rings is 1. The van der Waals surface area contributed by atoms with Gasteiger partial charge in [0.15, 0.2) is 5.96 Å². The van der Waals surface area contributed by atoms with E-state index in [0.29, 0.717) is 0 Å². The first-order valence-electron chi connectivity index (χ1n) is 7.83. The van der Waals surface area contributed by atoms with Crippen molar-refractivity contribution < 1.29 is 4.74 Å². The average Bonchev–Trinajstić information content (AvgIpc) is 3.31. The number of nitrogens with one attached hydrogen (secondary N) is 1. The minimum absolute atomic E-state index is 0.836. The highest BCUT2D eigenvalue weighted by atomic mass is 16.5. The predicted molar refractivity (Wildman–Crippen MR) is 87.4 cm³/mol. The molecule has 0 radical (unpaired) electrons. The Kier molecular flexibility index (Phi) is 6.54. The Labute approximate surface area is 128 Å². The van der Waals surface area contributed by atoms with Gasteiger partial charge in [-0.25, -0.2) is 0 Å². The lowest BCUT2D eigenvalue weighted by atomic mass is 10.2. The molecule has 0 aliphatic heterocycles. The molecule has 0 amide bonds. The quantitative estimate of drug-likeness (QED) is 0.454. The van der Waals surface area contributed by atoms with Crippen LogP contribution in [0.25, 0.3) is 0 Å². The van der Waals surface area contributed by atoms with Gasteiger partial charge in [-0.05, 0) is 30.7 Å². The summed E-state index contributed by atoms with van der Waals surface area (Å²) in [5, 5.41) is 3.39. The molecule has 2 rings (SSSR count). The van der Waals surface area contributed by atoms with Crippen molar-refractivity contribution in [3.8, 4) is 0 Å². The molecule has 116 valence electrons. The molecule has 1 aliphatic rings. The van der Waals surface area contributed by atoms with Gasteiger partial charge in [-0.15, -0.1) is 0 Å². The second kappa shape index (κ2) is 8.67. The van der Waals surface area contributed by atoms with Gasteiger partial charge in [0.05, 0.1) is 0 Å². The highest BCUT2D eigenvalue weighted by Gasteiger charge is 2.20. The summed E-state index contributed by atoms with van der Waals surface area (Å²) in [6.07, 6.45) is 3.73. The summed E-state index contributed by atoms with van der Waals surface area (Å²) in [6, 6.07) is 10.4. The largest absolute Gasteiger partial charge is 0.381 e. The van der Waals surface area contributed by atoms with Crippen LogP contribution in [0.4, 0.5) is 0 Å². The molecule has 0 aromatic heterocycles. The predicted octanol–water partition coefficient (Wildman–Crippen LogP) is 2.51. The van der Waals surface area contributed by atoms with Gasteiger partial charge in [0.25, 0.3) is 0 Å². The van der Waals surface area contributed by atoms with Gasteiger partial charge in [-0.2, -0.15) is 0 Å². The molecule has 0 bridgehead atoms. The molecule has 0 unspecified atom stereocenters. The molecule has 4 heteroatoms. The fourth-order valence-electron chi connectivity index (χ4n) is 2.23. The Hall–Kier alpha value is -1.55. The number of guanidine groups is 1. The van der Waals surface area contributed by atoms with Crippen molar-refractivity contribution in [2.75, 3.05) is 33.9 Å². The van der Waals surface area contributed by atoms with Gasteiger partial charge in [0.2, 0.25) is 0 Å².